The van der Waals surface area contributed by atoms with E-state index in [1.54, 1.807) is 41.3 Å². The van der Waals surface area contributed by atoms with Crippen LogP contribution in [0.25, 0.3) is 0 Å². The standard InChI is InChI=1S/C29H34ClN3O3S.ClH/c1-37(35,36)28-14-8-23(9-15-28)22-24-16-20-32(21-17-24)18-5-19-33(27-6-3-2-4-7-27)29(34)31-26-12-10-25(30)11-13-26;/h2-4,6-15,24H,5,16-22H2,1H3,(H,31,34);1H. The number of hydrogen-bond donors (Lipinski definition) is 1. The number of carbonyl (C=O) groups is 1. The maximum Gasteiger partial charge on any atom is 0.326 e. The summed E-state index contributed by atoms with van der Waals surface area (Å²) in [6.07, 6.45) is 5.33. The molecule has 2 amide bonds. The molecule has 3 aromatic rings. The predicted molar refractivity (Wildman–Crippen MR) is 159 cm³/mol. The van der Waals surface area contributed by atoms with Gasteiger partial charge in [-0.15, -0.1) is 12.4 Å². The number of para-hydroxylation sites is 1. The highest BCUT2D eigenvalue weighted by molar-refractivity contribution is 7.90. The van der Waals surface area contributed by atoms with Crippen LogP contribution in [0.2, 0.25) is 5.02 Å². The molecule has 204 valence electrons. The fourth-order valence-corrected chi connectivity index (χ4v) is 5.51. The summed E-state index contributed by atoms with van der Waals surface area (Å²) in [5.74, 6) is 0.603. The van der Waals surface area contributed by atoms with Crippen molar-refractivity contribution in [1.29, 1.82) is 0 Å². The van der Waals surface area contributed by atoms with Gasteiger partial charge in [-0.3, -0.25) is 4.90 Å². The summed E-state index contributed by atoms with van der Waals surface area (Å²) in [7, 11) is -3.16. The van der Waals surface area contributed by atoms with Crippen LogP contribution in [-0.4, -0.2) is 51.8 Å². The van der Waals surface area contributed by atoms with E-state index in [-0.39, 0.29) is 18.4 Å². The molecule has 1 aliphatic rings. The van der Waals surface area contributed by atoms with Crippen molar-refractivity contribution in [2.24, 2.45) is 5.92 Å². The summed E-state index contributed by atoms with van der Waals surface area (Å²) < 4.78 is 23.3. The smallest absolute Gasteiger partial charge is 0.308 e. The summed E-state index contributed by atoms with van der Waals surface area (Å²) in [5, 5.41) is 3.61. The van der Waals surface area contributed by atoms with Crippen molar-refractivity contribution in [3.8, 4) is 0 Å². The van der Waals surface area contributed by atoms with E-state index in [2.05, 4.69) is 10.2 Å². The Morgan fingerprint density at radius 3 is 2.21 bits per heavy atom. The molecule has 0 saturated carbocycles. The minimum Gasteiger partial charge on any atom is -0.308 e. The first kappa shape index (κ1) is 30.0. The maximum absolute atomic E-state index is 13.1. The van der Waals surface area contributed by atoms with Crippen LogP contribution in [0.15, 0.2) is 83.8 Å². The number of anilines is 2. The second kappa shape index (κ2) is 14.0. The third-order valence-corrected chi connectivity index (χ3v) is 8.23. The summed E-state index contributed by atoms with van der Waals surface area (Å²) in [6.45, 7) is 3.63. The molecule has 1 aliphatic heterocycles. The number of nitrogens with zero attached hydrogens (tertiary/aromatic N) is 2. The second-order valence-corrected chi connectivity index (χ2v) is 12.1. The maximum atomic E-state index is 13.1. The van der Waals surface area contributed by atoms with E-state index in [4.69, 9.17) is 11.6 Å². The number of halogens is 2. The highest BCUT2D eigenvalue weighted by Gasteiger charge is 2.21. The average Bonchev–Trinajstić information content (AvgIpc) is 2.89. The molecule has 1 N–H and O–H groups in total. The van der Waals surface area contributed by atoms with Crippen LogP contribution in [0.5, 0.6) is 0 Å². The lowest BCUT2D eigenvalue weighted by atomic mass is 9.90. The van der Waals surface area contributed by atoms with Crippen molar-refractivity contribution >= 4 is 51.3 Å². The molecule has 0 spiro atoms. The molecule has 0 radical (unpaired) electrons. The number of benzene rings is 3. The van der Waals surface area contributed by atoms with Gasteiger partial charge in [0.2, 0.25) is 0 Å². The van der Waals surface area contributed by atoms with Crippen LogP contribution in [0.3, 0.4) is 0 Å². The number of urea groups is 1. The van der Waals surface area contributed by atoms with Gasteiger partial charge in [0.15, 0.2) is 9.84 Å². The molecule has 0 bridgehead atoms. The number of piperidine rings is 1. The minimum atomic E-state index is -3.16. The Balaban J connectivity index is 0.00000400. The van der Waals surface area contributed by atoms with Crippen LogP contribution < -0.4 is 10.2 Å². The van der Waals surface area contributed by atoms with E-state index in [1.807, 2.05) is 42.5 Å². The van der Waals surface area contributed by atoms with Crippen LogP contribution in [-0.2, 0) is 16.3 Å². The quantitative estimate of drug-likeness (QED) is 0.314. The molecule has 4 rings (SSSR count). The van der Waals surface area contributed by atoms with Gasteiger partial charge in [-0.1, -0.05) is 41.9 Å². The van der Waals surface area contributed by atoms with Gasteiger partial charge in [0, 0.05) is 29.2 Å². The molecular weight excluding hydrogens is 541 g/mol. The normalized spacial score (nSPS) is 14.5. The summed E-state index contributed by atoms with van der Waals surface area (Å²) in [5.41, 5.74) is 2.77. The fraction of sp³-hybridized carbons (Fsp3) is 0.345. The largest absolute Gasteiger partial charge is 0.326 e. The van der Waals surface area contributed by atoms with Gasteiger partial charge in [-0.2, -0.15) is 0 Å². The Morgan fingerprint density at radius 1 is 0.974 bits per heavy atom. The third kappa shape index (κ3) is 8.73. The SMILES string of the molecule is CS(=O)(=O)c1ccc(CC2CCN(CCCN(C(=O)Nc3ccc(Cl)cc3)c3ccccc3)CC2)cc1.Cl. The highest BCUT2D eigenvalue weighted by atomic mass is 35.5. The Hall–Kier alpha value is -2.58. The minimum absolute atomic E-state index is 0. The molecule has 38 heavy (non-hydrogen) atoms. The van der Waals surface area contributed by atoms with Crippen molar-refractivity contribution < 1.29 is 13.2 Å². The first-order valence-electron chi connectivity index (χ1n) is 12.7. The molecule has 1 fully saturated rings. The Bertz CT molecular complexity index is 1260. The number of carbonyl (C=O) groups excluding carboxylic acids is 1. The molecule has 0 unspecified atom stereocenters. The monoisotopic (exact) mass is 575 g/mol. The first-order chi connectivity index (χ1) is 17.8. The van der Waals surface area contributed by atoms with Crippen LogP contribution in [0.4, 0.5) is 16.2 Å². The zero-order valence-corrected chi connectivity index (χ0v) is 23.9. The van der Waals surface area contributed by atoms with Gasteiger partial charge in [0.05, 0.1) is 4.90 Å². The topological polar surface area (TPSA) is 69.7 Å². The number of hydrogen-bond acceptors (Lipinski definition) is 4. The van der Waals surface area contributed by atoms with Crippen molar-refractivity contribution in [3.63, 3.8) is 0 Å². The summed E-state index contributed by atoms with van der Waals surface area (Å²) >= 11 is 5.97. The van der Waals surface area contributed by atoms with Gasteiger partial charge < -0.3 is 10.2 Å². The molecular formula is C29H35Cl2N3O3S. The van der Waals surface area contributed by atoms with E-state index >= 15 is 0 Å². The highest BCUT2D eigenvalue weighted by Crippen LogP contribution is 2.23. The molecule has 1 heterocycles. The average molecular weight is 577 g/mol. The number of sulfone groups is 1. The van der Waals surface area contributed by atoms with Crippen molar-refractivity contribution in [2.45, 2.75) is 30.6 Å². The van der Waals surface area contributed by atoms with Gasteiger partial charge in [0.25, 0.3) is 0 Å². The second-order valence-electron chi connectivity index (χ2n) is 9.68. The van der Waals surface area contributed by atoms with Crippen molar-refractivity contribution in [2.75, 3.05) is 42.7 Å². The molecule has 0 aliphatic carbocycles. The molecule has 6 nitrogen and oxygen atoms in total. The number of rotatable bonds is 9. The Morgan fingerprint density at radius 2 is 1.61 bits per heavy atom. The van der Waals surface area contributed by atoms with E-state index in [0.717, 1.165) is 51.0 Å². The third-order valence-electron chi connectivity index (χ3n) is 6.85. The van der Waals surface area contributed by atoms with E-state index < -0.39 is 9.84 Å². The van der Waals surface area contributed by atoms with Gasteiger partial charge in [-0.05, 0) is 105 Å². The van der Waals surface area contributed by atoms with Crippen molar-refractivity contribution in [3.05, 3.63) is 89.4 Å². The molecule has 9 heteroatoms. The van der Waals surface area contributed by atoms with E-state index in [1.165, 1.54) is 11.8 Å². The lowest BCUT2D eigenvalue weighted by molar-refractivity contribution is 0.183. The first-order valence-corrected chi connectivity index (χ1v) is 15.0. The number of amides is 2. The summed E-state index contributed by atoms with van der Waals surface area (Å²) in [6, 6.07) is 24.0. The molecule has 0 aromatic heterocycles. The van der Waals surface area contributed by atoms with E-state index in [0.29, 0.717) is 28.1 Å². The zero-order chi connectivity index (χ0) is 26.3. The molecule has 1 saturated heterocycles. The zero-order valence-electron chi connectivity index (χ0n) is 21.6. The predicted octanol–water partition coefficient (Wildman–Crippen LogP) is 6.55. The van der Waals surface area contributed by atoms with Gasteiger partial charge in [0.1, 0.15) is 0 Å². The Kier molecular flexibility index (Phi) is 11.0. The Labute approximate surface area is 237 Å². The lowest BCUT2D eigenvalue weighted by Crippen LogP contribution is -2.39. The number of likely N-dealkylation sites (tertiary alicyclic amines) is 1. The van der Waals surface area contributed by atoms with Crippen LogP contribution in [0, 0.1) is 5.92 Å². The summed E-state index contributed by atoms with van der Waals surface area (Å²) in [4.78, 5) is 17.7. The van der Waals surface area contributed by atoms with Crippen LogP contribution >= 0.6 is 24.0 Å². The molecule has 3 aromatic carbocycles. The van der Waals surface area contributed by atoms with Crippen molar-refractivity contribution in [1.82, 2.24) is 4.90 Å². The van der Waals surface area contributed by atoms with Crippen LogP contribution in [0.1, 0.15) is 24.8 Å². The van der Waals surface area contributed by atoms with E-state index in [9.17, 15) is 13.2 Å². The fourth-order valence-electron chi connectivity index (χ4n) is 4.75. The molecule has 0 atom stereocenters. The van der Waals surface area contributed by atoms with Gasteiger partial charge in [-0.25, -0.2) is 13.2 Å². The lowest BCUT2D eigenvalue weighted by Gasteiger charge is -2.32. The van der Waals surface area contributed by atoms with Gasteiger partial charge >= 0.3 is 6.03 Å². The number of nitrogens with one attached hydrogen (secondary N) is 1.